The van der Waals surface area contributed by atoms with Crippen molar-refractivity contribution in [2.75, 3.05) is 26.2 Å². The van der Waals surface area contributed by atoms with Crippen LogP contribution in [0.1, 0.15) is 25.6 Å². The van der Waals surface area contributed by atoms with Gasteiger partial charge in [0.1, 0.15) is 12.2 Å². The summed E-state index contributed by atoms with van der Waals surface area (Å²) in [7, 11) is 1.90. The average Bonchev–Trinajstić information content (AvgIpc) is 2.85. The van der Waals surface area contributed by atoms with Crippen LogP contribution in [0.4, 0.5) is 4.79 Å². The normalized spacial score (nSPS) is 16.4. The fourth-order valence-electron chi connectivity index (χ4n) is 2.42. The van der Waals surface area contributed by atoms with E-state index in [-0.39, 0.29) is 6.09 Å². The molecule has 1 aliphatic heterocycles. The second kappa shape index (κ2) is 7.23. The molecule has 7 heteroatoms. The summed E-state index contributed by atoms with van der Waals surface area (Å²) in [5, 5.41) is 7.57. The lowest BCUT2D eigenvalue weighted by Gasteiger charge is -2.31. The van der Waals surface area contributed by atoms with Crippen LogP contribution in [-0.2, 0) is 18.2 Å². The van der Waals surface area contributed by atoms with E-state index in [1.165, 1.54) is 0 Å². The van der Waals surface area contributed by atoms with Crippen LogP contribution in [-0.4, -0.2) is 58.0 Å². The maximum Gasteiger partial charge on any atom is 0.409 e. The van der Waals surface area contributed by atoms with Crippen molar-refractivity contribution in [2.24, 2.45) is 7.05 Å². The molecule has 0 unspecified atom stereocenters. The number of aromatic nitrogens is 3. The minimum Gasteiger partial charge on any atom is -0.450 e. The van der Waals surface area contributed by atoms with Gasteiger partial charge in [0, 0.05) is 39.1 Å². The first-order chi connectivity index (χ1) is 9.70. The quantitative estimate of drug-likeness (QED) is 0.854. The smallest absolute Gasteiger partial charge is 0.409 e. The number of aryl methyl sites for hydroxylation is 1. The Morgan fingerprint density at radius 2 is 2.25 bits per heavy atom. The molecule has 0 aromatic carbocycles. The van der Waals surface area contributed by atoms with Crippen molar-refractivity contribution in [1.82, 2.24) is 25.0 Å². The molecule has 1 aromatic rings. The summed E-state index contributed by atoms with van der Waals surface area (Å²) >= 11 is 0. The molecule has 112 valence electrons. The number of piperidine rings is 1. The molecule has 0 aliphatic carbocycles. The zero-order chi connectivity index (χ0) is 14.4. The Morgan fingerprint density at radius 3 is 2.85 bits per heavy atom. The fourth-order valence-corrected chi connectivity index (χ4v) is 2.42. The highest BCUT2D eigenvalue weighted by Gasteiger charge is 2.22. The maximum atomic E-state index is 11.6. The van der Waals surface area contributed by atoms with Crippen molar-refractivity contribution >= 4 is 6.09 Å². The third kappa shape index (κ3) is 3.93. The Labute approximate surface area is 119 Å². The van der Waals surface area contributed by atoms with Crippen LogP contribution < -0.4 is 5.32 Å². The molecule has 2 heterocycles. The van der Waals surface area contributed by atoms with Crippen LogP contribution in [0.15, 0.2) is 6.33 Å². The second-order valence-electron chi connectivity index (χ2n) is 4.96. The van der Waals surface area contributed by atoms with Crippen LogP contribution in [0.25, 0.3) is 0 Å². The van der Waals surface area contributed by atoms with Gasteiger partial charge >= 0.3 is 6.09 Å². The van der Waals surface area contributed by atoms with Crippen molar-refractivity contribution < 1.29 is 9.53 Å². The Hall–Kier alpha value is -1.63. The third-order valence-electron chi connectivity index (χ3n) is 3.61. The highest BCUT2D eigenvalue weighted by atomic mass is 16.6. The van der Waals surface area contributed by atoms with E-state index in [0.29, 0.717) is 12.6 Å². The summed E-state index contributed by atoms with van der Waals surface area (Å²) in [6.07, 6.45) is 4.20. The summed E-state index contributed by atoms with van der Waals surface area (Å²) in [5.74, 6) is 0.987. The van der Waals surface area contributed by atoms with E-state index < -0.39 is 0 Å². The number of carbonyl (C=O) groups is 1. The Bertz CT molecular complexity index is 426. The first-order valence-electron chi connectivity index (χ1n) is 7.18. The zero-order valence-corrected chi connectivity index (χ0v) is 12.2. The second-order valence-corrected chi connectivity index (χ2v) is 4.96. The van der Waals surface area contributed by atoms with E-state index >= 15 is 0 Å². The molecule has 7 nitrogen and oxygen atoms in total. The monoisotopic (exact) mass is 281 g/mol. The molecule has 0 radical (unpaired) electrons. The summed E-state index contributed by atoms with van der Waals surface area (Å²) in [6.45, 7) is 4.69. The summed E-state index contributed by atoms with van der Waals surface area (Å²) in [6, 6.07) is 0.467. The van der Waals surface area contributed by atoms with E-state index in [2.05, 4.69) is 15.4 Å². The number of amides is 1. The van der Waals surface area contributed by atoms with Crippen molar-refractivity contribution in [3.63, 3.8) is 0 Å². The van der Waals surface area contributed by atoms with Gasteiger partial charge in [0.15, 0.2) is 0 Å². The lowest BCUT2D eigenvalue weighted by atomic mass is 10.1. The topological polar surface area (TPSA) is 72.3 Å². The Kier molecular flexibility index (Phi) is 5.34. The van der Waals surface area contributed by atoms with Gasteiger partial charge in [-0.05, 0) is 19.8 Å². The molecule has 20 heavy (non-hydrogen) atoms. The largest absolute Gasteiger partial charge is 0.450 e. The van der Waals surface area contributed by atoms with Crippen molar-refractivity contribution in [3.8, 4) is 0 Å². The van der Waals surface area contributed by atoms with Crippen molar-refractivity contribution in [2.45, 2.75) is 32.2 Å². The minimum atomic E-state index is -0.190. The van der Waals surface area contributed by atoms with Crippen LogP contribution in [0, 0.1) is 0 Å². The van der Waals surface area contributed by atoms with Crippen LogP contribution in [0.2, 0.25) is 0 Å². The molecule has 0 spiro atoms. The number of hydrogen-bond acceptors (Lipinski definition) is 5. The van der Waals surface area contributed by atoms with Gasteiger partial charge in [-0.2, -0.15) is 5.10 Å². The van der Waals surface area contributed by atoms with E-state index in [4.69, 9.17) is 4.74 Å². The van der Waals surface area contributed by atoms with Gasteiger partial charge in [-0.1, -0.05) is 0 Å². The number of ether oxygens (including phenoxy) is 1. The molecule has 0 atom stereocenters. The van der Waals surface area contributed by atoms with E-state index in [0.717, 1.165) is 44.7 Å². The van der Waals surface area contributed by atoms with Crippen LogP contribution in [0.5, 0.6) is 0 Å². The molecule has 1 fully saturated rings. The number of hydrogen-bond donors (Lipinski definition) is 1. The fraction of sp³-hybridized carbons (Fsp3) is 0.769. The molecule has 1 saturated heterocycles. The minimum absolute atomic E-state index is 0.190. The standard InChI is InChI=1S/C13H23N5O2/c1-3-20-13(19)18-8-5-11(6-9-18)14-7-4-12-15-10-16-17(12)2/h10-11,14H,3-9H2,1-2H3. The molecule has 1 aromatic heterocycles. The summed E-state index contributed by atoms with van der Waals surface area (Å²) < 4.78 is 6.81. The number of likely N-dealkylation sites (tertiary alicyclic amines) is 1. The highest BCUT2D eigenvalue weighted by molar-refractivity contribution is 5.67. The number of rotatable bonds is 5. The lowest BCUT2D eigenvalue weighted by Crippen LogP contribution is -2.45. The molecule has 1 amide bonds. The number of carbonyl (C=O) groups excluding carboxylic acids is 1. The predicted octanol–water partition coefficient (Wildman–Crippen LogP) is 0.568. The molecule has 2 rings (SSSR count). The van der Waals surface area contributed by atoms with Gasteiger partial charge in [0.2, 0.25) is 0 Å². The molecular weight excluding hydrogens is 258 g/mol. The van der Waals surface area contributed by atoms with E-state index in [9.17, 15) is 4.79 Å². The van der Waals surface area contributed by atoms with Gasteiger partial charge in [0.05, 0.1) is 6.61 Å². The van der Waals surface area contributed by atoms with E-state index in [1.54, 1.807) is 15.9 Å². The SMILES string of the molecule is CCOC(=O)N1CCC(NCCc2ncnn2C)CC1. The molecule has 1 aliphatic rings. The molecular formula is C13H23N5O2. The molecule has 0 saturated carbocycles. The van der Waals surface area contributed by atoms with Gasteiger partial charge in [0.25, 0.3) is 0 Å². The summed E-state index contributed by atoms with van der Waals surface area (Å²) in [5.41, 5.74) is 0. The van der Waals surface area contributed by atoms with Crippen LogP contribution in [0.3, 0.4) is 0 Å². The third-order valence-corrected chi connectivity index (χ3v) is 3.61. The van der Waals surface area contributed by atoms with Crippen molar-refractivity contribution in [3.05, 3.63) is 12.2 Å². The van der Waals surface area contributed by atoms with Gasteiger partial charge in [-0.25, -0.2) is 9.78 Å². The molecule has 0 bridgehead atoms. The number of nitrogens with one attached hydrogen (secondary N) is 1. The van der Waals surface area contributed by atoms with Gasteiger partial charge < -0.3 is 15.0 Å². The van der Waals surface area contributed by atoms with E-state index in [1.807, 2.05) is 14.0 Å². The van der Waals surface area contributed by atoms with Gasteiger partial charge in [-0.15, -0.1) is 0 Å². The molecule has 1 N–H and O–H groups in total. The average molecular weight is 281 g/mol. The van der Waals surface area contributed by atoms with Gasteiger partial charge in [-0.3, -0.25) is 4.68 Å². The zero-order valence-electron chi connectivity index (χ0n) is 12.2. The summed E-state index contributed by atoms with van der Waals surface area (Å²) in [4.78, 5) is 17.6. The van der Waals surface area contributed by atoms with Crippen LogP contribution >= 0.6 is 0 Å². The first-order valence-corrected chi connectivity index (χ1v) is 7.18. The Balaban J connectivity index is 1.65. The Morgan fingerprint density at radius 1 is 1.50 bits per heavy atom. The maximum absolute atomic E-state index is 11.6. The van der Waals surface area contributed by atoms with Crippen molar-refractivity contribution in [1.29, 1.82) is 0 Å². The highest BCUT2D eigenvalue weighted by Crippen LogP contribution is 2.11. The predicted molar refractivity (Wildman–Crippen MR) is 74.3 cm³/mol. The lowest BCUT2D eigenvalue weighted by molar-refractivity contribution is 0.0951. The first kappa shape index (κ1) is 14.8. The number of nitrogens with zero attached hydrogens (tertiary/aromatic N) is 4.